The molecule has 2 unspecified atom stereocenters. The molecule has 2 atom stereocenters. The lowest BCUT2D eigenvalue weighted by molar-refractivity contribution is 0.233. The summed E-state index contributed by atoms with van der Waals surface area (Å²) in [5, 5.41) is 3.60. The molecular weight excluding hydrogens is 208 g/mol. The van der Waals surface area contributed by atoms with Gasteiger partial charge in [-0.2, -0.15) is 0 Å². The Morgan fingerprint density at radius 1 is 1.18 bits per heavy atom. The topological polar surface area (TPSA) is 15.3 Å². The quantitative estimate of drug-likeness (QED) is 0.688. The van der Waals surface area contributed by atoms with Crippen LogP contribution in [0.4, 0.5) is 0 Å². The van der Waals surface area contributed by atoms with Crippen LogP contribution < -0.4 is 5.32 Å². The summed E-state index contributed by atoms with van der Waals surface area (Å²) in [5.74, 6) is 2.59. The maximum atomic E-state index is 3.60. The van der Waals surface area contributed by atoms with Gasteiger partial charge in [-0.3, -0.25) is 4.90 Å². The van der Waals surface area contributed by atoms with Crippen LogP contribution in [-0.2, 0) is 0 Å². The van der Waals surface area contributed by atoms with E-state index in [0.29, 0.717) is 6.04 Å². The fraction of sp³-hybridized carbons (Fsp3) is 1.00. The van der Waals surface area contributed by atoms with E-state index in [1.807, 2.05) is 0 Å². The summed E-state index contributed by atoms with van der Waals surface area (Å²) in [7, 11) is 0. The van der Waals surface area contributed by atoms with Crippen molar-refractivity contribution in [1.29, 1.82) is 0 Å². The average molecular weight is 240 g/mol. The lowest BCUT2D eigenvalue weighted by atomic mass is 9.95. The molecule has 1 N–H and O–H groups in total. The monoisotopic (exact) mass is 240 g/mol. The highest BCUT2D eigenvalue weighted by Crippen LogP contribution is 2.24. The lowest BCUT2D eigenvalue weighted by Crippen LogP contribution is -2.39. The van der Waals surface area contributed by atoms with Gasteiger partial charge in [0.25, 0.3) is 0 Å². The Labute approximate surface area is 108 Å². The molecule has 0 aliphatic carbocycles. The summed E-state index contributed by atoms with van der Waals surface area (Å²) >= 11 is 0. The van der Waals surface area contributed by atoms with E-state index >= 15 is 0 Å². The van der Waals surface area contributed by atoms with E-state index in [4.69, 9.17) is 0 Å². The highest BCUT2D eigenvalue weighted by atomic mass is 15.2. The van der Waals surface area contributed by atoms with Gasteiger partial charge in [-0.1, -0.05) is 27.7 Å². The highest BCUT2D eigenvalue weighted by Gasteiger charge is 2.27. The normalized spacial score (nSPS) is 23.8. The van der Waals surface area contributed by atoms with Gasteiger partial charge >= 0.3 is 0 Å². The van der Waals surface area contributed by atoms with Gasteiger partial charge < -0.3 is 5.32 Å². The van der Waals surface area contributed by atoms with Gasteiger partial charge in [-0.25, -0.2) is 0 Å². The molecule has 2 heteroatoms. The highest BCUT2D eigenvalue weighted by molar-refractivity contribution is 4.81. The molecule has 0 saturated carbocycles. The third-order valence-corrected chi connectivity index (χ3v) is 4.16. The maximum Gasteiger partial charge on any atom is 0.0192 e. The first-order chi connectivity index (χ1) is 8.00. The van der Waals surface area contributed by atoms with Crippen LogP contribution in [0.25, 0.3) is 0 Å². The van der Waals surface area contributed by atoms with E-state index in [1.165, 1.54) is 32.5 Å². The van der Waals surface area contributed by atoms with Gasteiger partial charge in [0.05, 0.1) is 0 Å². The molecule has 1 saturated heterocycles. The number of nitrogens with zero attached hydrogens (tertiary/aromatic N) is 1. The predicted molar refractivity (Wildman–Crippen MR) is 76.3 cm³/mol. The van der Waals surface area contributed by atoms with Crippen molar-refractivity contribution in [1.82, 2.24) is 10.2 Å². The smallest absolute Gasteiger partial charge is 0.0192 e. The Kier molecular flexibility index (Phi) is 6.50. The number of hydrogen-bond donors (Lipinski definition) is 1. The second-order valence-electron chi connectivity index (χ2n) is 6.52. The minimum atomic E-state index is 0.700. The Bertz CT molecular complexity index is 201. The van der Waals surface area contributed by atoms with E-state index in [0.717, 1.165) is 24.3 Å². The molecule has 102 valence electrons. The molecule has 17 heavy (non-hydrogen) atoms. The maximum absolute atomic E-state index is 3.60. The Balaban J connectivity index is 2.14. The second-order valence-corrected chi connectivity index (χ2v) is 6.52. The summed E-state index contributed by atoms with van der Waals surface area (Å²) in [6, 6.07) is 0.700. The first-order valence-electron chi connectivity index (χ1n) is 7.45. The summed E-state index contributed by atoms with van der Waals surface area (Å²) in [6.45, 7) is 16.6. The van der Waals surface area contributed by atoms with Crippen LogP contribution in [0.1, 0.15) is 47.5 Å². The molecule has 1 rings (SSSR count). The number of likely N-dealkylation sites (tertiary alicyclic amines) is 1. The Morgan fingerprint density at radius 2 is 1.88 bits per heavy atom. The summed E-state index contributed by atoms with van der Waals surface area (Å²) < 4.78 is 0. The molecule has 0 aromatic carbocycles. The van der Waals surface area contributed by atoms with E-state index in [1.54, 1.807) is 0 Å². The predicted octanol–water partition coefficient (Wildman–Crippen LogP) is 2.99. The van der Waals surface area contributed by atoms with Crippen molar-refractivity contribution in [3.8, 4) is 0 Å². The molecule has 0 aromatic heterocycles. The van der Waals surface area contributed by atoms with Crippen molar-refractivity contribution in [3.05, 3.63) is 0 Å². The molecule has 1 aliphatic heterocycles. The van der Waals surface area contributed by atoms with E-state index < -0.39 is 0 Å². The van der Waals surface area contributed by atoms with Gasteiger partial charge in [0.1, 0.15) is 0 Å². The van der Waals surface area contributed by atoms with Crippen LogP contribution >= 0.6 is 0 Å². The van der Waals surface area contributed by atoms with Crippen molar-refractivity contribution in [2.24, 2.45) is 17.8 Å². The molecule has 1 heterocycles. The molecular formula is C15H32N2. The van der Waals surface area contributed by atoms with Gasteiger partial charge in [0.15, 0.2) is 0 Å². The van der Waals surface area contributed by atoms with Crippen LogP contribution in [0.5, 0.6) is 0 Å². The van der Waals surface area contributed by atoms with Crippen LogP contribution in [0.3, 0.4) is 0 Å². The molecule has 0 radical (unpaired) electrons. The minimum Gasteiger partial charge on any atom is -0.315 e. The van der Waals surface area contributed by atoms with E-state index in [2.05, 4.69) is 44.8 Å². The van der Waals surface area contributed by atoms with Gasteiger partial charge in [-0.15, -0.1) is 0 Å². The third kappa shape index (κ3) is 5.39. The van der Waals surface area contributed by atoms with Crippen molar-refractivity contribution >= 4 is 0 Å². The fourth-order valence-corrected chi connectivity index (χ4v) is 2.59. The summed E-state index contributed by atoms with van der Waals surface area (Å²) in [4.78, 5) is 2.66. The van der Waals surface area contributed by atoms with Gasteiger partial charge in [-0.05, 0) is 50.6 Å². The molecule has 0 spiro atoms. The zero-order valence-corrected chi connectivity index (χ0v) is 12.5. The number of nitrogens with one attached hydrogen (secondary N) is 1. The molecule has 0 bridgehead atoms. The SMILES string of the molecule is CC(C)CCNCC(C)N1CCC(C(C)C)C1. The number of hydrogen-bond acceptors (Lipinski definition) is 2. The Morgan fingerprint density at radius 3 is 2.41 bits per heavy atom. The van der Waals surface area contributed by atoms with Gasteiger partial charge in [0.2, 0.25) is 0 Å². The zero-order valence-electron chi connectivity index (χ0n) is 12.5. The van der Waals surface area contributed by atoms with Crippen molar-refractivity contribution in [2.75, 3.05) is 26.2 Å². The van der Waals surface area contributed by atoms with Crippen molar-refractivity contribution in [3.63, 3.8) is 0 Å². The first-order valence-corrected chi connectivity index (χ1v) is 7.45. The molecule has 0 amide bonds. The standard InChI is InChI=1S/C15H32N2/c1-12(2)6-8-16-10-14(5)17-9-7-15(11-17)13(3)4/h12-16H,6-11H2,1-5H3. The molecule has 2 nitrogen and oxygen atoms in total. The summed E-state index contributed by atoms with van der Waals surface area (Å²) in [6.07, 6.45) is 2.69. The molecule has 1 fully saturated rings. The first kappa shape index (κ1) is 15.0. The third-order valence-electron chi connectivity index (χ3n) is 4.16. The van der Waals surface area contributed by atoms with Gasteiger partial charge in [0, 0.05) is 19.1 Å². The Hall–Kier alpha value is -0.0800. The lowest BCUT2D eigenvalue weighted by Gasteiger charge is -2.25. The van der Waals surface area contributed by atoms with Crippen LogP contribution in [0, 0.1) is 17.8 Å². The van der Waals surface area contributed by atoms with Crippen molar-refractivity contribution < 1.29 is 0 Å². The molecule has 0 aromatic rings. The largest absolute Gasteiger partial charge is 0.315 e. The zero-order chi connectivity index (χ0) is 12.8. The second kappa shape index (κ2) is 7.38. The van der Waals surface area contributed by atoms with Crippen molar-refractivity contribution in [2.45, 2.75) is 53.5 Å². The number of rotatable bonds is 7. The van der Waals surface area contributed by atoms with Crippen LogP contribution in [0.15, 0.2) is 0 Å². The minimum absolute atomic E-state index is 0.700. The van der Waals surface area contributed by atoms with E-state index in [-0.39, 0.29) is 0 Å². The average Bonchev–Trinajstić information content (AvgIpc) is 2.73. The van der Waals surface area contributed by atoms with E-state index in [9.17, 15) is 0 Å². The fourth-order valence-electron chi connectivity index (χ4n) is 2.59. The van der Waals surface area contributed by atoms with Crippen LogP contribution in [0.2, 0.25) is 0 Å². The summed E-state index contributed by atoms with van der Waals surface area (Å²) in [5.41, 5.74) is 0. The van der Waals surface area contributed by atoms with Crippen LogP contribution in [-0.4, -0.2) is 37.1 Å². The molecule has 1 aliphatic rings.